The van der Waals surface area contributed by atoms with Gasteiger partial charge in [0.25, 0.3) is 5.91 Å². The molecule has 0 aromatic heterocycles. The first kappa shape index (κ1) is 14.3. The Kier molecular flexibility index (Phi) is 4.82. The number of hydrogen-bond acceptors (Lipinski definition) is 3. The molecule has 104 valence electrons. The zero-order valence-electron chi connectivity index (χ0n) is 11.1. The summed E-state index contributed by atoms with van der Waals surface area (Å²) in [5, 5.41) is 2.97. The maximum atomic E-state index is 12.2. The topological polar surface area (TPSA) is 47.6 Å². The number of carbonyl (C=O) groups excluding carboxylic acids is 1. The molecule has 1 aliphatic rings. The second-order valence-corrected chi connectivity index (χ2v) is 5.57. The number of carbonyl (C=O) groups is 1. The maximum absolute atomic E-state index is 12.2. The molecule has 1 aromatic rings. The summed E-state index contributed by atoms with van der Waals surface area (Å²) in [5.41, 5.74) is 0.538. The van der Waals surface area contributed by atoms with Crippen molar-refractivity contribution in [2.75, 3.05) is 13.7 Å². The molecule has 2 unspecified atom stereocenters. The van der Waals surface area contributed by atoms with Gasteiger partial charge in [-0.25, -0.2) is 0 Å². The molecule has 1 fully saturated rings. The van der Waals surface area contributed by atoms with E-state index in [4.69, 9.17) is 9.47 Å². The van der Waals surface area contributed by atoms with Gasteiger partial charge >= 0.3 is 0 Å². The van der Waals surface area contributed by atoms with E-state index in [9.17, 15) is 4.79 Å². The molecule has 1 N–H and O–H groups in total. The fourth-order valence-electron chi connectivity index (χ4n) is 2.23. The van der Waals surface area contributed by atoms with Crippen LogP contribution in [0.15, 0.2) is 22.7 Å². The van der Waals surface area contributed by atoms with Gasteiger partial charge in [0, 0.05) is 11.1 Å². The van der Waals surface area contributed by atoms with Crippen molar-refractivity contribution < 1.29 is 14.3 Å². The van der Waals surface area contributed by atoms with Crippen molar-refractivity contribution in [1.29, 1.82) is 0 Å². The van der Waals surface area contributed by atoms with Crippen molar-refractivity contribution in [3.8, 4) is 5.75 Å². The molecule has 2 rings (SSSR count). The van der Waals surface area contributed by atoms with E-state index in [-0.39, 0.29) is 18.1 Å². The first-order valence-electron chi connectivity index (χ1n) is 6.38. The fraction of sp³-hybridized carbons (Fsp3) is 0.500. The number of amides is 1. The van der Waals surface area contributed by atoms with Crippen molar-refractivity contribution in [2.45, 2.75) is 31.9 Å². The molecule has 0 spiro atoms. The first-order valence-corrected chi connectivity index (χ1v) is 7.17. The molecule has 5 heteroatoms. The van der Waals surface area contributed by atoms with Crippen LogP contribution in [0.1, 0.15) is 30.1 Å². The van der Waals surface area contributed by atoms with E-state index in [0.717, 1.165) is 23.9 Å². The van der Waals surface area contributed by atoms with Gasteiger partial charge in [0.1, 0.15) is 5.75 Å². The molecule has 0 radical (unpaired) electrons. The average molecular weight is 328 g/mol. The second kappa shape index (κ2) is 6.39. The van der Waals surface area contributed by atoms with Crippen LogP contribution in [0.4, 0.5) is 0 Å². The van der Waals surface area contributed by atoms with Crippen LogP contribution in [0.2, 0.25) is 0 Å². The Morgan fingerprint density at radius 3 is 3.00 bits per heavy atom. The van der Waals surface area contributed by atoms with E-state index in [0.29, 0.717) is 11.3 Å². The summed E-state index contributed by atoms with van der Waals surface area (Å²) >= 11 is 3.36. The lowest BCUT2D eigenvalue weighted by atomic mass is 10.1. The molecule has 1 saturated heterocycles. The van der Waals surface area contributed by atoms with Crippen LogP contribution < -0.4 is 10.1 Å². The molecule has 1 heterocycles. The van der Waals surface area contributed by atoms with E-state index in [1.54, 1.807) is 19.2 Å². The second-order valence-electron chi connectivity index (χ2n) is 4.66. The minimum absolute atomic E-state index is 0.00310. The SMILES string of the molecule is COc1cc(Br)ccc1C(=O)NC(C)C1CCCO1. The van der Waals surface area contributed by atoms with Crippen LogP contribution in [-0.4, -0.2) is 31.8 Å². The monoisotopic (exact) mass is 327 g/mol. The zero-order chi connectivity index (χ0) is 13.8. The molecule has 1 aromatic carbocycles. The van der Waals surface area contributed by atoms with Crippen molar-refractivity contribution in [3.63, 3.8) is 0 Å². The minimum atomic E-state index is -0.132. The lowest BCUT2D eigenvalue weighted by Gasteiger charge is -2.20. The van der Waals surface area contributed by atoms with Crippen molar-refractivity contribution in [3.05, 3.63) is 28.2 Å². The van der Waals surface area contributed by atoms with Crippen molar-refractivity contribution in [2.24, 2.45) is 0 Å². The van der Waals surface area contributed by atoms with Gasteiger partial charge in [0.15, 0.2) is 0 Å². The molecule has 1 aliphatic heterocycles. The summed E-state index contributed by atoms with van der Waals surface area (Å²) in [6.07, 6.45) is 2.18. The number of halogens is 1. The van der Waals surface area contributed by atoms with E-state index in [1.807, 2.05) is 13.0 Å². The van der Waals surface area contributed by atoms with Crippen LogP contribution in [0.5, 0.6) is 5.75 Å². The fourth-order valence-corrected chi connectivity index (χ4v) is 2.57. The van der Waals surface area contributed by atoms with Crippen LogP contribution in [0.25, 0.3) is 0 Å². The Morgan fingerprint density at radius 1 is 1.58 bits per heavy atom. The third-order valence-electron chi connectivity index (χ3n) is 3.29. The predicted molar refractivity (Wildman–Crippen MR) is 76.6 cm³/mol. The van der Waals surface area contributed by atoms with Gasteiger partial charge in [-0.2, -0.15) is 0 Å². The van der Waals surface area contributed by atoms with Crippen LogP contribution in [0.3, 0.4) is 0 Å². The highest BCUT2D eigenvalue weighted by Crippen LogP contribution is 2.24. The molecular weight excluding hydrogens is 310 g/mol. The molecule has 2 atom stereocenters. The predicted octanol–water partition coefficient (Wildman–Crippen LogP) is 2.76. The normalized spacial score (nSPS) is 20.1. The standard InChI is InChI=1S/C14H18BrNO3/c1-9(12-4-3-7-19-12)16-14(17)11-6-5-10(15)8-13(11)18-2/h5-6,8-9,12H,3-4,7H2,1-2H3,(H,16,17). The number of nitrogens with one attached hydrogen (secondary N) is 1. The van der Waals surface area contributed by atoms with Gasteiger partial charge in [-0.3, -0.25) is 4.79 Å². The van der Waals surface area contributed by atoms with Crippen LogP contribution in [0, 0.1) is 0 Å². The lowest BCUT2D eigenvalue weighted by molar-refractivity contribution is 0.0710. The molecule has 4 nitrogen and oxygen atoms in total. The Morgan fingerprint density at radius 2 is 2.37 bits per heavy atom. The number of ether oxygens (including phenoxy) is 2. The van der Waals surface area contributed by atoms with E-state index in [2.05, 4.69) is 21.2 Å². The first-order chi connectivity index (χ1) is 9.11. The largest absolute Gasteiger partial charge is 0.496 e. The van der Waals surface area contributed by atoms with Gasteiger partial charge in [-0.15, -0.1) is 0 Å². The van der Waals surface area contributed by atoms with Crippen LogP contribution >= 0.6 is 15.9 Å². The Balaban J connectivity index is 2.06. The molecule has 0 bridgehead atoms. The van der Waals surface area contributed by atoms with Gasteiger partial charge in [-0.05, 0) is 38.0 Å². The smallest absolute Gasteiger partial charge is 0.255 e. The highest BCUT2D eigenvalue weighted by Gasteiger charge is 2.24. The molecule has 19 heavy (non-hydrogen) atoms. The highest BCUT2D eigenvalue weighted by molar-refractivity contribution is 9.10. The van der Waals surface area contributed by atoms with Crippen LogP contribution in [-0.2, 0) is 4.74 Å². The summed E-state index contributed by atoms with van der Waals surface area (Å²) < 4.78 is 11.7. The Labute approximate surface area is 121 Å². The lowest BCUT2D eigenvalue weighted by Crippen LogP contribution is -2.40. The highest BCUT2D eigenvalue weighted by atomic mass is 79.9. The molecule has 0 aliphatic carbocycles. The average Bonchev–Trinajstić information content (AvgIpc) is 2.92. The van der Waals surface area contributed by atoms with Gasteiger partial charge in [0.05, 0.1) is 24.8 Å². The van der Waals surface area contributed by atoms with Crippen molar-refractivity contribution >= 4 is 21.8 Å². The quantitative estimate of drug-likeness (QED) is 0.925. The van der Waals surface area contributed by atoms with Gasteiger partial charge in [-0.1, -0.05) is 15.9 Å². The third-order valence-corrected chi connectivity index (χ3v) is 3.78. The summed E-state index contributed by atoms with van der Waals surface area (Å²) in [6.45, 7) is 2.76. The Bertz CT molecular complexity index is 458. The van der Waals surface area contributed by atoms with Gasteiger partial charge < -0.3 is 14.8 Å². The summed E-state index contributed by atoms with van der Waals surface area (Å²) in [7, 11) is 1.56. The third kappa shape index (κ3) is 3.48. The maximum Gasteiger partial charge on any atom is 0.255 e. The summed E-state index contributed by atoms with van der Waals surface area (Å²) in [5.74, 6) is 0.429. The zero-order valence-corrected chi connectivity index (χ0v) is 12.7. The van der Waals surface area contributed by atoms with Crippen molar-refractivity contribution in [1.82, 2.24) is 5.32 Å². The van der Waals surface area contributed by atoms with Gasteiger partial charge in [0.2, 0.25) is 0 Å². The van der Waals surface area contributed by atoms with E-state index >= 15 is 0 Å². The van der Waals surface area contributed by atoms with E-state index in [1.165, 1.54) is 0 Å². The molecule has 0 saturated carbocycles. The number of hydrogen-bond donors (Lipinski definition) is 1. The number of methoxy groups -OCH3 is 1. The minimum Gasteiger partial charge on any atom is -0.496 e. The van der Waals surface area contributed by atoms with E-state index < -0.39 is 0 Å². The summed E-state index contributed by atoms with van der Waals surface area (Å²) in [4.78, 5) is 12.2. The number of rotatable bonds is 4. The Hall–Kier alpha value is -1.07. The molecular formula is C14H18BrNO3. The molecule has 1 amide bonds. The number of benzene rings is 1. The summed E-state index contributed by atoms with van der Waals surface area (Å²) in [6, 6.07) is 5.36.